The van der Waals surface area contributed by atoms with Crippen molar-refractivity contribution in [1.29, 1.82) is 0 Å². The smallest absolute Gasteiger partial charge is 0.316 e. The van der Waals surface area contributed by atoms with E-state index < -0.39 is 54.8 Å². The lowest BCUT2D eigenvalue weighted by atomic mass is 9.71. The molecule has 0 unspecified atom stereocenters. The molecule has 4 heterocycles. The molecule has 0 amide bonds. The Kier molecular flexibility index (Phi) is 13.5. The van der Waals surface area contributed by atoms with Crippen LogP contribution < -0.4 is 0 Å². The molecule has 1 spiro atoms. The minimum absolute atomic E-state index is 0.0104. The topological polar surface area (TPSA) is 136 Å². The Hall–Kier alpha value is -2.97. The Balaban J connectivity index is 1.35. The molecule has 0 aromatic heterocycles. The lowest BCUT2D eigenvalue weighted by molar-refractivity contribution is -0.384. The zero-order chi connectivity index (χ0) is 42.2. The minimum Gasteiger partial charge on any atom is -0.462 e. The molecule has 320 valence electrons. The van der Waals surface area contributed by atoms with Crippen LogP contribution in [-0.2, 0) is 39.3 Å². The van der Waals surface area contributed by atoms with Gasteiger partial charge in [-0.1, -0.05) is 84.1 Å². The molecule has 11 nitrogen and oxygen atoms in total. The highest BCUT2D eigenvalue weighted by Crippen LogP contribution is 2.50. The van der Waals surface area contributed by atoms with Crippen molar-refractivity contribution in [2.75, 3.05) is 13.2 Å². The fourth-order valence-electron chi connectivity index (χ4n) is 9.16. The summed E-state index contributed by atoms with van der Waals surface area (Å²) in [5.74, 6) is -2.04. The molecular weight excluding hydrogens is 755 g/mol. The number of hydrogen-bond acceptors (Lipinski definition) is 10. The van der Waals surface area contributed by atoms with Crippen LogP contribution in [0.25, 0.3) is 0 Å². The number of esters is 1. The Morgan fingerprint density at radius 1 is 1.03 bits per heavy atom. The summed E-state index contributed by atoms with van der Waals surface area (Å²) in [4.78, 5) is 25.5. The fraction of sp³-hybridized carbons (Fsp3) is 0.674. The molecule has 1 aliphatic carbocycles. The molecule has 4 aliphatic heterocycles. The van der Waals surface area contributed by atoms with E-state index in [2.05, 4.69) is 73.7 Å². The van der Waals surface area contributed by atoms with Gasteiger partial charge < -0.3 is 33.2 Å². The fourth-order valence-corrected chi connectivity index (χ4v) is 10.5. The molecule has 58 heavy (non-hydrogen) atoms. The number of fused-ring (bicyclic) bond motifs is 2. The number of nitro benzene ring substituents is 1. The molecular formula is C46H67NO10Si. The van der Waals surface area contributed by atoms with Crippen LogP contribution in [0.1, 0.15) is 99.5 Å². The summed E-state index contributed by atoms with van der Waals surface area (Å²) in [5, 5.41) is 24.0. The number of aliphatic hydroxyl groups is 1. The lowest BCUT2D eigenvalue weighted by Gasteiger charge is -2.50. The monoisotopic (exact) mass is 821 g/mol. The Morgan fingerprint density at radius 3 is 2.43 bits per heavy atom. The molecule has 6 rings (SSSR count). The van der Waals surface area contributed by atoms with Gasteiger partial charge in [-0.05, 0) is 85.4 Å². The first-order chi connectivity index (χ1) is 27.2. The van der Waals surface area contributed by atoms with Crippen LogP contribution in [0.3, 0.4) is 0 Å². The van der Waals surface area contributed by atoms with Crippen LogP contribution in [-0.4, -0.2) is 85.5 Å². The minimum atomic E-state index is -2.31. The first-order valence-corrected chi connectivity index (χ1v) is 24.3. The van der Waals surface area contributed by atoms with Gasteiger partial charge in [0, 0.05) is 37.8 Å². The number of allylic oxidation sites excluding steroid dienone is 4. The van der Waals surface area contributed by atoms with Gasteiger partial charge >= 0.3 is 5.97 Å². The van der Waals surface area contributed by atoms with Gasteiger partial charge in [0.2, 0.25) is 0 Å². The molecule has 1 aromatic carbocycles. The normalized spacial score (nSPS) is 38.4. The average Bonchev–Trinajstić information content (AvgIpc) is 3.48. The Labute approximate surface area is 346 Å². The quantitative estimate of drug-likeness (QED) is 0.0890. The predicted octanol–water partition coefficient (Wildman–Crippen LogP) is 9.10. The summed E-state index contributed by atoms with van der Waals surface area (Å²) in [6, 6.07) is 6.58. The first-order valence-electron chi connectivity index (χ1n) is 21.4. The van der Waals surface area contributed by atoms with Gasteiger partial charge in [0.05, 0.1) is 42.6 Å². The summed E-state index contributed by atoms with van der Waals surface area (Å²) in [7, 11) is -2.31. The maximum absolute atomic E-state index is 14.7. The van der Waals surface area contributed by atoms with Gasteiger partial charge in [0.15, 0.2) is 14.1 Å². The molecule has 0 saturated carbocycles. The third kappa shape index (κ3) is 9.48. The van der Waals surface area contributed by atoms with E-state index in [0.717, 1.165) is 29.6 Å². The van der Waals surface area contributed by atoms with Crippen molar-refractivity contribution < 1.29 is 42.9 Å². The second-order valence-electron chi connectivity index (χ2n) is 19.1. The van der Waals surface area contributed by atoms with Crippen LogP contribution in [0.4, 0.5) is 5.69 Å². The number of ether oxygens (including phenoxy) is 5. The van der Waals surface area contributed by atoms with Gasteiger partial charge in [-0.2, -0.15) is 0 Å². The highest BCUT2D eigenvalue weighted by Gasteiger charge is 2.61. The summed E-state index contributed by atoms with van der Waals surface area (Å²) in [5.41, 5.74) is 1.85. The van der Waals surface area contributed by atoms with E-state index in [0.29, 0.717) is 50.2 Å². The summed E-state index contributed by atoms with van der Waals surface area (Å²) >= 11 is 0. The molecule has 1 aromatic rings. The highest BCUT2D eigenvalue weighted by atomic mass is 28.4. The van der Waals surface area contributed by atoms with E-state index in [1.54, 1.807) is 12.1 Å². The van der Waals surface area contributed by atoms with Crippen molar-refractivity contribution in [2.45, 2.75) is 166 Å². The second-order valence-corrected chi connectivity index (χ2v) is 23.8. The van der Waals surface area contributed by atoms with E-state index in [9.17, 15) is 20.0 Å². The number of hydrogen-bond donors (Lipinski definition) is 1. The number of rotatable bonds is 8. The third-order valence-corrected chi connectivity index (χ3v) is 18.1. The van der Waals surface area contributed by atoms with Crippen molar-refractivity contribution in [1.82, 2.24) is 0 Å². The molecule has 5 aliphatic rings. The zero-order valence-corrected chi connectivity index (χ0v) is 37.3. The average molecular weight is 822 g/mol. The highest BCUT2D eigenvalue weighted by molar-refractivity contribution is 6.74. The van der Waals surface area contributed by atoms with E-state index in [-0.39, 0.29) is 41.6 Å². The van der Waals surface area contributed by atoms with E-state index in [1.165, 1.54) is 12.1 Å². The van der Waals surface area contributed by atoms with E-state index in [4.69, 9.17) is 28.1 Å². The number of non-ortho nitro benzene ring substituents is 1. The van der Waals surface area contributed by atoms with Crippen molar-refractivity contribution in [3.05, 3.63) is 87.0 Å². The number of carbonyl (C=O) groups is 1. The lowest BCUT2D eigenvalue weighted by Crippen LogP contribution is -2.60. The molecule has 0 radical (unpaired) electrons. The number of nitrogens with zero attached hydrogens (tertiary/aromatic N) is 1. The van der Waals surface area contributed by atoms with Crippen LogP contribution >= 0.6 is 0 Å². The molecule has 3 saturated heterocycles. The van der Waals surface area contributed by atoms with Gasteiger partial charge in [-0.25, -0.2) is 0 Å². The second kappa shape index (κ2) is 17.6. The maximum atomic E-state index is 14.7. The SMILES string of the molecule is CC[C@H]1O[C@]2(CC[C@@H]1C)C[C@@H]1C[C@@H](C[C@H](OCCc3ccc([N+](=O)[O-])cc3)/C(C)=C/[C@@H](C)/C=C/C=C3\CO[C@@H]4[C@H](O[Si](C)(C)C(C)(C)C)C(C)=C[C@@H](C(=O)O1)[C@]34O)O2. The summed E-state index contributed by atoms with van der Waals surface area (Å²) < 4.78 is 40.4. The van der Waals surface area contributed by atoms with Crippen molar-refractivity contribution in [2.24, 2.45) is 17.8 Å². The first kappa shape index (κ1) is 44.6. The number of benzene rings is 1. The van der Waals surface area contributed by atoms with E-state index >= 15 is 0 Å². The van der Waals surface area contributed by atoms with E-state index in [1.807, 2.05) is 25.2 Å². The van der Waals surface area contributed by atoms with Crippen molar-refractivity contribution >= 4 is 20.0 Å². The van der Waals surface area contributed by atoms with Crippen LogP contribution in [0.5, 0.6) is 0 Å². The molecule has 12 heteroatoms. The molecule has 1 N–H and O–H groups in total. The third-order valence-electron chi connectivity index (χ3n) is 13.7. The number of nitro groups is 1. The predicted molar refractivity (Wildman–Crippen MR) is 226 cm³/mol. The largest absolute Gasteiger partial charge is 0.462 e. The molecule has 11 atom stereocenters. The summed E-state index contributed by atoms with van der Waals surface area (Å²) in [6.45, 7) is 22.0. The molecule has 3 fully saturated rings. The summed E-state index contributed by atoms with van der Waals surface area (Å²) in [6.07, 6.45) is 11.9. The van der Waals surface area contributed by atoms with Crippen LogP contribution in [0.15, 0.2) is 71.4 Å². The zero-order valence-electron chi connectivity index (χ0n) is 36.3. The van der Waals surface area contributed by atoms with Crippen molar-refractivity contribution in [3.8, 4) is 0 Å². The molecule has 2 bridgehead atoms. The van der Waals surface area contributed by atoms with Gasteiger partial charge in [-0.3, -0.25) is 14.9 Å². The van der Waals surface area contributed by atoms with Gasteiger partial charge in [0.25, 0.3) is 5.69 Å². The standard InChI is InChI=1S/C46H67NO10Si/c1-11-39-30(3)19-21-45(56-39)27-37-25-36(55-45)26-40(52-22-20-33-15-17-35(18-16-33)47(50)51)31(4)23-29(2)13-12-14-34-28-53-42-41(57-58(9,10)44(6,7)8)32(5)24-38(43(48)54-37)46(34,42)49/h12-18,23-24,29-30,36-42,49H,11,19-22,25-28H2,1-10H3/b13-12+,31-23+,34-14+/t29-,30-,36-,37-,38-,39+,40-,41+,42+,45+,46+/m0/s1. The Bertz CT molecular complexity index is 1780. The Morgan fingerprint density at radius 2 is 1.76 bits per heavy atom. The van der Waals surface area contributed by atoms with Crippen molar-refractivity contribution in [3.63, 3.8) is 0 Å². The maximum Gasteiger partial charge on any atom is 0.316 e. The van der Waals surface area contributed by atoms with Gasteiger partial charge in [0.1, 0.15) is 23.7 Å². The van der Waals surface area contributed by atoms with Gasteiger partial charge in [-0.15, -0.1) is 0 Å². The number of carbonyl (C=O) groups excluding carboxylic acids is 1. The van der Waals surface area contributed by atoms with Crippen LogP contribution in [0.2, 0.25) is 18.1 Å². The van der Waals surface area contributed by atoms with Crippen LogP contribution in [0, 0.1) is 27.9 Å².